The Hall–Kier alpha value is -2.57. The lowest BCUT2D eigenvalue weighted by Gasteiger charge is -2.32. The molecular formula is C25H29IN6O2S. The second-order valence-electron chi connectivity index (χ2n) is 8.59. The lowest BCUT2D eigenvalue weighted by molar-refractivity contribution is 0.0999. The summed E-state index contributed by atoms with van der Waals surface area (Å²) in [5.74, 6) is 0.788. The van der Waals surface area contributed by atoms with Gasteiger partial charge < -0.3 is 25.2 Å². The zero-order chi connectivity index (χ0) is 24.9. The highest BCUT2D eigenvalue weighted by molar-refractivity contribution is 14.1. The van der Waals surface area contributed by atoms with Crippen molar-refractivity contribution in [2.75, 3.05) is 57.1 Å². The molecule has 0 spiro atoms. The Kier molecular flexibility index (Phi) is 8.34. The van der Waals surface area contributed by atoms with Crippen LogP contribution in [-0.2, 0) is 6.61 Å². The van der Waals surface area contributed by atoms with Crippen molar-refractivity contribution in [3.63, 3.8) is 0 Å². The molecule has 0 aliphatic carbocycles. The van der Waals surface area contributed by atoms with Crippen molar-refractivity contribution < 1.29 is 9.53 Å². The summed E-state index contributed by atoms with van der Waals surface area (Å²) in [5.41, 5.74) is 8.15. The Bertz CT molecular complexity index is 1200. The minimum absolute atomic E-state index is 0.395. The van der Waals surface area contributed by atoms with Crippen LogP contribution < -0.4 is 20.3 Å². The van der Waals surface area contributed by atoms with E-state index in [1.165, 1.54) is 11.8 Å². The van der Waals surface area contributed by atoms with Crippen LogP contribution in [0.4, 0.5) is 11.6 Å². The average Bonchev–Trinajstić information content (AvgIpc) is 2.84. The van der Waals surface area contributed by atoms with Gasteiger partial charge in [0.05, 0.1) is 16.7 Å². The van der Waals surface area contributed by atoms with Crippen LogP contribution in [0.2, 0.25) is 0 Å². The van der Waals surface area contributed by atoms with Crippen LogP contribution in [0.5, 0.6) is 5.88 Å². The lowest BCUT2D eigenvalue weighted by Crippen LogP contribution is -2.45. The van der Waals surface area contributed by atoms with Gasteiger partial charge in [0.1, 0.15) is 6.61 Å². The normalized spacial score (nSPS) is 14.1. The summed E-state index contributed by atoms with van der Waals surface area (Å²) >= 11 is 3.64. The summed E-state index contributed by atoms with van der Waals surface area (Å²) in [4.78, 5) is 29.4. The Balaban J connectivity index is 1.60. The number of amides is 1. The number of piperazine rings is 1. The molecule has 8 nitrogen and oxygen atoms in total. The number of likely N-dealkylation sites (N-methyl/N-ethyl adjacent to an activating group) is 1. The molecule has 3 aromatic rings. The van der Waals surface area contributed by atoms with Crippen LogP contribution >= 0.6 is 34.4 Å². The monoisotopic (exact) mass is 604 g/mol. The number of carbonyl (C=O) groups excluding carboxylic acids is 1. The topological polar surface area (TPSA) is 87.8 Å². The zero-order valence-electron chi connectivity index (χ0n) is 20.1. The molecule has 2 heterocycles. The van der Waals surface area contributed by atoms with Crippen LogP contribution in [0, 0.1) is 3.57 Å². The molecule has 10 heteroatoms. The lowest BCUT2D eigenvalue weighted by atomic mass is 10.2. The number of ether oxygens (including phenoxy) is 1. The number of carbonyl (C=O) groups is 1. The fraction of sp³-hybridized carbons (Fsp3) is 0.320. The van der Waals surface area contributed by atoms with E-state index in [0.29, 0.717) is 24.0 Å². The van der Waals surface area contributed by atoms with Gasteiger partial charge >= 0.3 is 0 Å². The number of hydrogen-bond donors (Lipinski definition) is 1. The number of nitrogens with two attached hydrogens (primary N) is 1. The third-order valence-electron chi connectivity index (χ3n) is 5.73. The average molecular weight is 605 g/mol. The van der Waals surface area contributed by atoms with Crippen LogP contribution in [-0.4, -0.2) is 68.1 Å². The molecule has 35 heavy (non-hydrogen) atoms. The maximum absolute atomic E-state index is 11.6. The first kappa shape index (κ1) is 25.5. The van der Waals surface area contributed by atoms with Crippen molar-refractivity contribution in [2.24, 2.45) is 5.73 Å². The molecule has 1 amide bonds. The smallest absolute Gasteiger partial charge is 0.249 e. The van der Waals surface area contributed by atoms with Gasteiger partial charge in [-0.1, -0.05) is 23.9 Å². The van der Waals surface area contributed by atoms with E-state index >= 15 is 0 Å². The van der Waals surface area contributed by atoms with Crippen LogP contribution in [0.1, 0.15) is 15.9 Å². The fourth-order valence-electron chi connectivity index (χ4n) is 3.64. The van der Waals surface area contributed by atoms with Crippen molar-refractivity contribution >= 4 is 51.9 Å². The van der Waals surface area contributed by atoms with Gasteiger partial charge in [0.15, 0.2) is 0 Å². The summed E-state index contributed by atoms with van der Waals surface area (Å²) in [7, 11) is 6.16. The molecule has 0 saturated carbocycles. The van der Waals surface area contributed by atoms with Crippen molar-refractivity contribution in [1.29, 1.82) is 0 Å². The first-order valence-corrected chi connectivity index (χ1v) is 13.2. The van der Waals surface area contributed by atoms with E-state index in [4.69, 9.17) is 15.5 Å². The van der Waals surface area contributed by atoms with E-state index in [9.17, 15) is 4.79 Å². The number of benzene rings is 2. The van der Waals surface area contributed by atoms with Crippen molar-refractivity contribution in [3.05, 3.63) is 63.4 Å². The van der Waals surface area contributed by atoms with Gasteiger partial charge in [-0.05, 0) is 65.5 Å². The minimum Gasteiger partial charge on any atom is -0.472 e. The number of hydrogen-bond acceptors (Lipinski definition) is 8. The summed E-state index contributed by atoms with van der Waals surface area (Å²) < 4.78 is 7.08. The predicted octanol–water partition coefficient (Wildman–Crippen LogP) is 3.73. The molecule has 4 rings (SSSR count). The third kappa shape index (κ3) is 6.56. The van der Waals surface area contributed by atoms with Crippen molar-refractivity contribution in [2.45, 2.75) is 16.4 Å². The third-order valence-corrected chi connectivity index (χ3v) is 7.61. The summed E-state index contributed by atoms with van der Waals surface area (Å²) in [6, 6.07) is 13.8. The SMILES string of the molecule is CN1CCN(c2ncc(Sc3ccc(C(N)=O)c(I)c3)c(OCc3cccc(N(C)C)c3)n2)CC1. The fourth-order valence-corrected chi connectivity index (χ4v) is 5.50. The van der Waals surface area contributed by atoms with Gasteiger partial charge in [-0.2, -0.15) is 4.98 Å². The second kappa shape index (κ2) is 11.4. The Labute approximate surface area is 224 Å². The molecule has 0 bridgehead atoms. The highest BCUT2D eigenvalue weighted by Crippen LogP contribution is 2.36. The van der Waals surface area contributed by atoms with E-state index in [1.54, 1.807) is 6.07 Å². The first-order valence-electron chi connectivity index (χ1n) is 11.3. The summed E-state index contributed by atoms with van der Waals surface area (Å²) in [6.07, 6.45) is 1.83. The molecular weight excluding hydrogens is 575 g/mol. The van der Waals surface area contributed by atoms with Crippen molar-refractivity contribution in [1.82, 2.24) is 14.9 Å². The van der Waals surface area contributed by atoms with Gasteiger partial charge in [-0.15, -0.1) is 0 Å². The standard InChI is InChI=1S/C25H29IN6O2S/c1-30(2)18-6-4-5-17(13-18)16-34-24-22(35-19-7-8-20(23(27)33)21(26)14-19)15-28-25(29-24)32-11-9-31(3)10-12-32/h4-8,13-15H,9-12,16H2,1-3H3,(H2,27,33). The van der Waals surface area contributed by atoms with Gasteiger partial charge in [0.2, 0.25) is 17.7 Å². The predicted molar refractivity (Wildman–Crippen MR) is 149 cm³/mol. The molecule has 1 fully saturated rings. The molecule has 1 saturated heterocycles. The summed E-state index contributed by atoms with van der Waals surface area (Å²) in [6.45, 7) is 4.09. The van der Waals surface area contributed by atoms with E-state index < -0.39 is 5.91 Å². The van der Waals surface area contributed by atoms with E-state index in [0.717, 1.165) is 50.8 Å². The number of primary amides is 1. The van der Waals surface area contributed by atoms with E-state index in [2.05, 4.69) is 61.5 Å². The molecule has 1 aliphatic heterocycles. The molecule has 2 aromatic carbocycles. The van der Waals surface area contributed by atoms with Crippen molar-refractivity contribution in [3.8, 4) is 5.88 Å². The molecule has 1 aliphatic rings. The molecule has 1 aromatic heterocycles. The van der Waals surface area contributed by atoms with Crippen LogP contribution in [0.3, 0.4) is 0 Å². The maximum Gasteiger partial charge on any atom is 0.249 e. The molecule has 0 radical (unpaired) electrons. The Morgan fingerprint density at radius 1 is 1.17 bits per heavy atom. The van der Waals surface area contributed by atoms with Gasteiger partial charge in [-0.3, -0.25) is 4.79 Å². The number of nitrogens with zero attached hydrogens (tertiary/aromatic N) is 5. The summed E-state index contributed by atoms with van der Waals surface area (Å²) in [5, 5.41) is 0. The zero-order valence-corrected chi connectivity index (χ0v) is 23.0. The minimum atomic E-state index is -0.435. The highest BCUT2D eigenvalue weighted by atomic mass is 127. The van der Waals surface area contributed by atoms with E-state index in [-0.39, 0.29) is 0 Å². The largest absolute Gasteiger partial charge is 0.472 e. The molecule has 2 N–H and O–H groups in total. The molecule has 0 unspecified atom stereocenters. The number of rotatable bonds is 8. The highest BCUT2D eigenvalue weighted by Gasteiger charge is 2.19. The second-order valence-corrected chi connectivity index (χ2v) is 10.9. The quantitative estimate of drug-likeness (QED) is 0.390. The van der Waals surface area contributed by atoms with Gasteiger partial charge in [-0.25, -0.2) is 4.98 Å². The Morgan fingerprint density at radius 3 is 2.63 bits per heavy atom. The van der Waals surface area contributed by atoms with Gasteiger partial charge in [0.25, 0.3) is 0 Å². The maximum atomic E-state index is 11.6. The first-order chi connectivity index (χ1) is 16.8. The number of aromatic nitrogens is 2. The molecule has 0 atom stereocenters. The van der Waals surface area contributed by atoms with Crippen LogP contribution in [0.25, 0.3) is 0 Å². The molecule has 184 valence electrons. The van der Waals surface area contributed by atoms with Gasteiger partial charge in [0, 0.05) is 54.4 Å². The Morgan fingerprint density at radius 2 is 1.94 bits per heavy atom. The number of anilines is 2. The van der Waals surface area contributed by atoms with Crippen LogP contribution in [0.15, 0.2) is 58.5 Å². The van der Waals surface area contributed by atoms with E-state index in [1.807, 2.05) is 44.6 Å². The number of halogens is 1.